The van der Waals surface area contributed by atoms with Gasteiger partial charge in [-0.05, 0) is 14.7 Å². The van der Waals surface area contributed by atoms with Crippen LogP contribution < -0.4 is 4.90 Å². The molecule has 2 aliphatic heterocycles. The van der Waals surface area contributed by atoms with Crippen LogP contribution in [-0.4, -0.2) is 43.5 Å². The first-order valence-electron chi connectivity index (χ1n) is 6.61. The highest BCUT2D eigenvalue weighted by atomic mass is 17.0. The fourth-order valence-corrected chi connectivity index (χ4v) is 2.02. The molecule has 0 N–H and O–H groups in total. The van der Waals surface area contributed by atoms with E-state index < -0.39 is 57.6 Å². The lowest BCUT2D eigenvalue weighted by Crippen LogP contribution is -2.34. The van der Waals surface area contributed by atoms with E-state index in [4.69, 9.17) is 0 Å². The highest BCUT2D eigenvalue weighted by Crippen LogP contribution is 2.27. The molecule has 2 aliphatic rings. The highest BCUT2D eigenvalue weighted by Gasteiger charge is 2.49. The van der Waals surface area contributed by atoms with Crippen molar-refractivity contribution in [2.75, 3.05) is 6.61 Å². The molecule has 0 fully saturated rings. The van der Waals surface area contributed by atoms with E-state index in [1.54, 1.807) is 0 Å². The predicted octanol–water partition coefficient (Wildman–Crippen LogP) is -2.03. The van der Waals surface area contributed by atoms with E-state index in [1.165, 1.54) is 0 Å². The number of rotatable bonds is 7. The van der Waals surface area contributed by atoms with Crippen molar-refractivity contribution >= 4 is 11.4 Å². The van der Waals surface area contributed by atoms with E-state index in [1.807, 2.05) is 0 Å². The van der Waals surface area contributed by atoms with E-state index in [-0.39, 0.29) is 15.1 Å². The Bertz CT molecular complexity index is 947. The lowest BCUT2D eigenvalue weighted by Gasteiger charge is -2.19. The molecule has 0 aromatic carbocycles. The van der Waals surface area contributed by atoms with Crippen LogP contribution in [0, 0.1) is 35.6 Å². The zero-order valence-electron chi connectivity index (χ0n) is 12.9. The Morgan fingerprint density at radius 2 is 1.82 bits per heavy atom. The average Bonchev–Trinajstić information content (AvgIpc) is 3.28. The van der Waals surface area contributed by atoms with Gasteiger partial charge >= 0.3 is 11.4 Å². The molecule has 28 heavy (non-hydrogen) atoms. The van der Waals surface area contributed by atoms with Crippen molar-refractivity contribution < 1.29 is 44.2 Å². The molecule has 20 nitrogen and oxygen atoms in total. The summed E-state index contributed by atoms with van der Waals surface area (Å²) in [4.78, 5) is 48.7. The summed E-state index contributed by atoms with van der Waals surface area (Å²) in [6.45, 7) is -1.80. The van der Waals surface area contributed by atoms with Crippen molar-refractivity contribution in [3.8, 4) is 0 Å². The number of hydrogen-bond acceptors (Lipinski definition) is 16. The first-order valence-corrected chi connectivity index (χ1v) is 6.61. The summed E-state index contributed by atoms with van der Waals surface area (Å²) in [5.74, 6) is 0. The standard InChI is InChI=1S/C8H4N8O12/c17-12-6(3(9-26-12)1-24-15(20)21)5-8(14(19)28-11-5)7-4(2-25-16(22)23)10-27-13(7)18/h1-2H2. The fourth-order valence-electron chi connectivity index (χ4n) is 2.02. The normalized spacial score (nSPS) is 18.3. The van der Waals surface area contributed by atoms with Crippen molar-refractivity contribution in [1.29, 1.82) is 0 Å². The van der Waals surface area contributed by atoms with E-state index in [2.05, 4.69) is 39.6 Å². The monoisotopic (exact) mass is 404 g/mol. The molecule has 148 valence electrons. The number of hydrogen-bond donors (Lipinski definition) is 0. The zero-order valence-corrected chi connectivity index (χ0v) is 12.9. The Morgan fingerprint density at radius 1 is 1.14 bits per heavy atom. The molecule has 0 atom stereocenters. The largest absolute Gasteiger partial charge is 0.722 e. The molecular weight excluding hydrogens is 400 g/mol. The summed E-state index contributed by atoms with van der Waals surface area (Å²) in [6.07, 6.45) is 0. The molecular formula is C8H4N8O12. The smallest absolute Gasteiger partial charge is 0.335 e. The number of nitrogens with zero attached hydrogens (tertiary/aromatic N) is 8. The Kier molecular flexibility index (Phi) is 4.51. The number of hydroxylamine groups is 2. The van der Waals surface area contributed by atoms with Crippen LogP contribution in [-0.2, 0) is 26.2 Å². The van der Waals surface area contributed by atoms with Crippen LogP contribution in [0.2, 0.25) is 0 Å². The average molecular weight is 404 g/mol. The second-order valence-electron chi connectivity index (χ2n) is 4.57. The lowest BCUT2D eigenvalue weighted by atomic mass is 10.1. The molecule has 1 aromatic rings. The van der Waals surface area contributed by atoms with E-state index in [0.29, 0.717) is 0 Å². The van der Waals surface area contributed by atoms with E-state index in [9.17, 15) is 35.6 Å². The van der Waals surface area contributed by atoms with Gasteiger partial charge in [0.05, 0.1) is 0 Å². The quantitative estimate of drug-likeness (QED) is 0.270. The molecule has 0 bridgehead atoms. The zero-order chi connectivity index (χ0) is 20.4. The van der Waals surface area contributed by atoms with Gasteiger partial charge in [0.15, 0.2) is 22.4 Å². The highest BCUT2D eigenvalue weighted by molar-refractivity contribution is 6.15. The summed E-state index contributed by atoms with van der Waals surface area (Å²) in [6, 6.07) is 0. The Balaban J connectivity index is 2.03. The van der Waals surface area contributed by atoms with Gasteiger partial charge in [-0.25, -0.2) is 5.23 Å². The van der Waals surface area contributed by atoms with Crippen LogP contribution in [0.1, 0.15) is 11.4 Å². The molecule has 3 rings (SSSR count). The topological polar surface area (TPSA) is 247 Å². The minimum Gasteiger partial charge on any atom is -0.722 e. The van der Waals surface area contributed by atoms with Crippen LogP contribution in [0.4, 0.5) is 0 Å². The Morgan fingerprint density at radius 3 is 2.50 bits per heavy atom. The second-order valence-corrected chi connectivity index (χ2v) is 4.57. The first-order chi connectivity index (χ1) is 13.3. The number of aromatic nitrogens is 2. The second kappa shape index (κ2) is 6.94. The Labute approximate surface area is 149 Å². The third-order valence-corrected chi connectivity index (χ3v) is 3.04. The first kappa shape index (κ1) is 18.2. The third kappa shape index (κ3) is 3.24. The van der Waals surface area contributed by atoms with Gasteiger partial charge in [0.2, 0.25) is 0 Å². The molecule has 1 aromatic heterocycles. The summed E-state index contributed by atoms with van der Waals surface area (Å²) in [5.41, 5.74) is -3.93. The van der Waals surface area contributed by atoms with Crippen molar-refractivity contribution in [3.05, 3.63) is 58.3 Å². The predicted molar refractivity (Wildman–Crippen MR) is 72.2 cm³/mol. The van der Waals surface area contributed by atoms with Crippen LogP contribution >= 0.6 is 0 Å². The van der Waals surface area contributed by atoms with Gasteiger partial charge in [-0.15, -0.1) is 20.2 Å². The van der Waals surface area contributed by atoms with Crippen molar-refractivity contribution in [1.82, 2.24) is 10.4 Å². The van der Waals surface area contributed by atoms with Crippen LogP contribution in [0.5, 0.6) is 0 Å². The van der Waals surface area contributed by atoms with Gasteiger partial charge in [-0.2, -0.15) is 0 Å². The number of oxime groups is 2. The van der Waals surface area contributed by atoms with Gasteiger partial charge in [0, 0.05) is 5.16 Å². The Hall–Kier alpha value is -4.62. The fraction of sp³-hybridized carbons (Fsp3) is 0.250. The third-order valence-electron chi connectivity index (χ3n) is 3.04. The minimum absolute atomic E-state index is 0.296. The van der Waals surface area contributed by atoms with Crippen molar-refractivity contribution in [2.45, 2.75) is 6.61 Å². The minimum atomic E-state index is -1.20. The van der Waals surface area contributed by atoms with Crippen LogP contribution in [0.25, 0.3) is 0 Å². The molecule has 0 radical (unpaired) electrons. The van der Waals surface area contributed by atoms with Gasteiger partial charge in [-0.1, -0.05) is 5.16 Å². The molecule has 0 unspecified atom stereocenters. The van der Waals surface area contributed by atoms with Gasteiger partial charge in [0.25, 0.3) is 21.6 Å². The number of allylic oxidation sites excluding steroid dienone is 1. The molecule has 0 spiro atoms. The van der Waals surface area contributed by atoms with Crippen molar-refractivity contribution in [2.24, 2.45) is 10.3 Å². The maximum absolute atomic E-state index is 12.0. The summed E-state index contributed by atoms with van der Waals surface area (Å²) in [7, 11) is 0. The van der Waals surface area contributed by atoms with Gasteiger partial charge in [-0.3, -0.25) is 9.57 Å². The maximum Gasteiger partial charge on any atom is 0.335 e. The SMILES string of the molecule is O=[N+]([O-])OCC1=NON([O-])C1=C1C(c2c(CO[N+](=O)[O-])no[n+]2[O-])=NO[N+]1=O. The molecule has 20 heteroatoms. The van der Waals surface area contributed by atoms with Crippen LogP contribution in [0.15, 0.2) is 26.3 Å². The molecule has 0 saturated heterocycles. The lowest BCUT2D eigenvalue weighted by molar-refractivity contribution is -0.803. The van der Waals surface area contributed by atoms with E-state index in [0.717, 1.165) is 0 Å². The molecule has 0 saturated carbocycles. The van der Waals surface area contributed by atoms with Crippen molar-refractivity contribution in [3.63, 3.8) is 0 Å². The van der Waals surface area contributed by atoms with Gasteiger partial charge in [0.1, 0.15) is 12.3 Å². The maximum atomic E-state index is 12.0. The molecule has 0 aliphatic carbocycles. The van der Waals surface area contributed by atoms with Crippen LogP contribution in [0.3, 0.4) is 0 Å². The summed E-state index contributed by atoms with van der Waals surface area (Å²) >= 11 is 0. The summed E-state index contributed by atoms with van der Waals surface area (Å²) < 4.78 is 4.28. The van der Waals surface area contributed by atoms with E-state index >= 15 is 0 Å². The van der Waals surface area contributed by atoms with Gasteiger partial charge < -0.3 is 20.1 Å². The summed E-state index contributed by atoms with van der Waals surface area (Å²) in [5, 5.41) is 51.3. The molecule has 3 heterocycles. The molecule has 0 amide bonds.